The highest BCUT2D eigenvalue weighted by Crippen LogP contribution is 2.22. The van der Waals surface area contributed by atoms with Crippen molar-refractivity contribution in [1.82, 2.24) is 15.6 Å². The van der Waals surface area contributed by atoms with E-state index in [1.165, 1.54) is 33.3 Å². The first-order valence-electron chi connectivity index (χ1n) is 10.2. The molecule has 4 rings (SSSR count). The average Bonchev–Trinajstić information content (AvgIpc) is 3.42. The number of hydrogen-bond acceptors (Lipinski definition) is 2. The summed E-state index contributed by atoms with van der Waals surface area (Å²) in [5.74, 6) is 0.829. The zero-order chi connectivity index (χ0) is 20.1. The van der Waals surface area contributed by atoms with Crippen LogP contribution in [0.3, 0.4) is 0 Å². The Hall–Kier alpha value is -2.48. The van der Waals surface area contributed by atoms with Crippen LogP contribution in [0.25, 0.3) is 10.9 Å². The van der Waals surface area contributed by atoms with Crippen molar-refractivity contribution < 1.29 is 0 Å². The summed E-state index contributed by atoms with van der Waals surface area (Å²) in [6, 6.07) is 15.1. The number of aromatic amines is 1. The molecule has 3 N–H and O–H groups in total. The highest BCUT2D eigenvalue weighted by molar-refractivity contribution is 14.0. The predicted molar refractivity (Wildman–Crippen MR) is 138 cm³/mol. The Kier molecular flexibility index (Phi) is 7.79. The molecule has 1 aliphatic heterocycles. The number of hydrogen-bond donors (Lipinski definition) is 3. The van der Waals surface area contributed by atoms with Gasteiger partial charge < -0.3 is 20.5 Å². The van der Waals surface area contributed by atoms with Gasteiger partial charge in [-0.15, -0.1) is 24.0 Å². The van der Waals surface area contributed by atoms with Gasteiger partial charge >= 0.3 is 0 Å². The van der Waals surface area contributed by atoms with Crippen LogP contribution in [0.5, 0.6) is 0 Å². The van der Waals surface area contributed by atoms with E-state index in [1.807, 2.05) is 7.05 Å². The van der Waals surface area contributed by atoms with Crippen LogP contribution in [0.2, 0.25) is 0 Å². The normalized spacial score (nSPS) is 13.5. The van der Waals surface area contributed by atoms with Gasteiger partial charge in [-0.25, -0.2) is 0 Å². The van der Waals surface area contributed by atoms with Crippen molar-refractivity contribution >= 4 is 46.5 Å². The van der Waals surface area contributed by atoms with Crippen LogP contribution in [0, 0.1) is 6.92 Å². The highest BCUT2D eigenvalue weighted by atomic mass is 127. The van der Waals surface area contributed by atoms with E-state index >= 15 is 0 Å². The quantitative estimate of drug-likeness (QED) is 0.198. The fourth-order valence-corrected chi connectivity index (χ4v) is 3.92. The fraction of sp³-hybridized carbons (Fsp3) is 0.292. The molecule has 5 nitrogen and oxygen atoms in total. The second kappa shape index (κ2) is 10.5. The summed E-state index contributed by atoms with van der Waals surface area (Å²) in [4.78, 5) is 10.1. The molecule has 0 spiro atoms. The molecule has 0 bridgehead atoms. The lowest BCUT2D eigenvalue weighted by atomic mass is 10.1. The lowest BCUT2D eigenvalue weighted by Crippen LogP contribution is -2.37. The third-order valence-electron chi connectivity index (χ3n) is 5.46. The van der Waals surface area contributed by atoms with Gasteiger partial charge in [-0.1, -0.05) is 36.4 Å². The number of H-pyrrole nitrogens is 1. The molecule has 3 aromatic rings. The van der Waals surface area contributed by atoms with E-state index in [1.54, 1.807) is 0 Å². The Morgan fingerprint density at radius 3 is 2.70 bits per heavy atom. The van der Waals surface area contributed by atoms with Gasteiger partial charge in [-0.2, -0.15) is 0 Å². The van der Waals surface area contributed by atoms with Gasteiger partial charge in [-0.3, -0.25) is 4.99 Å². The fourth-order valence-electron chi connectivity index (χ4n) is 3.92. The Morgan fingerprint density at radius 1 is 1.10 bits per heavy atom. The number of nitrogens with zero attached hydrogens (tertiary/aromatic N) is 2. The van der Waals surface area contributed by atoms with Gasteiger partial charge in [-0.05, 0) is 48.2 Å². The predicted octanol–water partition coefficient (Wildman–Crippen LogP) is 4.38. The van der Waals surface area contributed by atoms with Crippen molar-refractivity contribution in [3.63, 3.8) is 0 Å². The molecule has 1 aliphatic rings. The first-order valence-corrected chi connectivity index (χ1v) is 10.2. The van der Waals surface area contributed by atoms with E-state index in [-0.39, 0.29) is 24.0 Å². The van der Waals surface area contributed by atoms with E-state index < -0.39 is 0 Å². The minimum atomic E-state index is 0. The molecule has 6 heteroatoms. The molecule has 0 saturated carbocycles. The Bertz CT molecular complexity index is 1030. The molecule has 0 atom stereocenters. The van der Waals surface area contributed by atoms with E-state index in [4.69, 9.17) is 0 Å². The molecule has 2 aromatic carbocycles. The van der Waals surface area contributed by atoms with Gasteiger partial charge in [0, 0.05) is 56.0 Å². The second-order valence-corrected chi connectivity index (χ2v) is 7.46. The minimum Gasteiger partial charge on any atom is -0.364 e. The number of aryl methyl sites for hydroxylation is 1. The van der Waals surface area contributed by atoms with Crippen molar-refractivity contribution in [2.75, 3.05) is 31.6 Å². The SMILES string of the molecule is CN=C(NCCc1c[nH]c2cccc(C)c12)NCc1cccc(N2CC=CC2)c1.I. The molecule has 158 valence electrons. The van der Waals surface area contributed by atoms with Crippen LogP contribution >= 0.6 is 24.0 Å². The zero-order valence-electron chi connectivity index (χ0n) is 17.6. The van der Waals surface area contributed by atoms with Crippen LogP contribution in [0.4, 0.5) is 5.69 Å². The third-order valence-corrected chi connectivity index (χ3v) is 5.46. The molecule has 0 saturated heterocycles. The number of nitrogens with one attached hydrogen (secondary N) is 3. The first-order chi connectivity index (χ1) is 14.2. The number of fused-ring (bicyclic) bond motifs is 1. The maximum absolute atomic E-state index is 4.37. The highest BCUT2D eigenvalue weighted by Gasteiger charge is 2.09. The molecule has 1 aromatic heterocycles. The van der Waals surface area contributed by atoms with Crippen molar-refractivity contribution in [3.05, 3.63) is 77.5 Å². The van der Waals surface area contributed by atoms with Crippen molar-refractivity contribution in [2.45, 2.75) is 19.9 Å². The largest absolute Gasteiger partial charge is 0.364 e. The van der Waals surface area contributed by atoms with Crippen molar-refractivity contribution in [1.29, 1.82) is 0 Å². The summed E-state index contributed by atoms with van der Waals surface area (Å²) in [5, 5.41) is 8.20. The summed E-state index contributed by atoms with van der Waals surface area (Å²) in [5.41, 5.74) is 6.38. The summed E-state index contributed by atoms with van der Waals surface area (Å²) >= 11 is 0. The summed E-state index contributed by atoms with van der Waals surface area (Å²) in [6.07, 6.45) is 7.50. The van der Waals surface area contributed by atoms with Gasteiger partial charge in [0.2, 0.25) is 0 Å². The lowest BCUT2D eigenvalue weighted by Gasteiger charge is -2.19. The Morgan fingerprint density at radius 2 is 1.90 bits per heavy atom. The van der Waals surface area contributed by atoms with Crippen LogP contribution in [0.1, 0.15) is 16.7 Å². The van der Waals surface area contributed by atoms with E-state index in [0.29, 0.717) is 0 Å². The lowest BCUT2D eigenvalue weighted by molar-refractivity contribution is 0.796. The molecular weight excluding hydrogens is 485 g/mol. The Balaban J connectivity index is 0.00000256. The number of aromatic nitrogens is 1. The summed E-state index contributed by atoms with van der Waals surface area (Å²) in [6.45, 7) is 5.74. The monoisotopic (exact) mass is 515 g/mol. The van der Waals surface area contributed by atoms with Crippen LogP contribution in [0.15, 0.2) is 65.8 Å². The molecular formula is C24H30IN5. The molecule has 0 unspecified atom stereocenters. The molecule has 0 aliphatic carbocycles. The van der Waals surface area contributed by atoms with Crippen LogP contribution in [-0.4, -0.2) is 37.6 Å². The van der Waals surface area contributed by atoms with Gasteiger partial charge in [0.15, 0.2) is 5.96 Å². The van der Waals surface area contributed by atoms with Crippen molar-refractivity contribution in [3.8, 4) is 0 Å². The minimum absolute atomic E-state index is 0. The van der Waals surface area contributed by atoms with Gasteiger partial charge in [0.25, 0.3) is 0 Å². The standard InChI is InChI=1S/C24H29N5.HI/c1-18-7-5-10-22-23(18)20(17-27-22)11-12-26-24(25-2)28-16-19-8-6-9-21(15-19)29-13-3-4-14-29;/h3-10,15,17,27H,11-14,16H2,1-2H3,(H2,25,26,28);1H. The zero-order valence-corrected chi connectivity index (χ0v) is 19.9. The number of anilines is 1. The van der Waals surface area contributed by atoms with Gasteiger partial charge in [0.05, 0.1) is 0 Å². The molecule has 2 heterocycles. The average molecular weight is 515 g/mol. The molecule has 0 amide bonds. The number of aliphatic imine (C=N–C) groups is 1. The van der Waals surface area contributed by atoms with Crippen LogP contribution in [-0.2, 0) is 13.0 Å². The van der Waals surface area contributed by atoms with E-state index in [2.05, 4.69) is 93.2 Å². The molecule has 30 heavy (non-hydrogen) atoms. The molecule has 0 fully saturated rings. The number of rotatable bonds is 6. The van der Waals surface area contributed by atoms with Gasteiger partial charge in [0.1, 0.15) is 0 Å². The second-order valence-electron chi connectivity index (χ2n) is 7.46. The Labute approximate surface area is 195 Å². The van der Waals surface area contributed by atoms with Crippen LogP contribution < -0.4 is 15.5 Å². The van der Waals surface area contributed by atoms with E-state index in [9.17, 15) is 0 Å². The smallest absolute Gasteiger partial charge is 0.191 e. The number of benzene rings is 2. The third kappa shape index (κ3) is 5.16. The number of guanidine groups is 1. The maximum Gasteiger partial charge on any atom is 0.191 e. The molecule has 0 radical (unpaired) electrons. The topological polar surface area (TPSA) is 55.5 Å². The maximum atomic E-state index is 4.37. The van der Waals surface area contributed by atoms with E-state index in [0.717, 1.165) is 38.6 Å². The number of halogens is 1. The summed E-state index contributed by atoms with van der Waals surface area (Å²) in [7, 11) is 1.82. The summed E-state index contributed by atoms with van der Waals surface area (Å²) < 4.78 is 0. The van der Waals surface area contributed by atoms with Crippen molar-refractivity contribution in [2.24, 2.45) is 4.99 Å². The first kappa shape index (κ1) is 22.2.